The zero-order chi connectivity index (χ0) is 23.4. The molecule has 33 heavy (non-hydrogen) atoms. The molecule has 0 bridgehead atoms. The van der Waals surface area contributed by atoms with E-state index < -0.39 is 32.0 Å². The van der Waals surface area contributed by atoms with Gasteiger partial charge >= 0.3 is 0 Å². The van der Waals surface area contributed by atoms with E-state index >= 15 is 0 Å². The third kappa shape index (κ3) is 3.85. The lowest BCUT2D eigenvalue weighted by molar-refractivity contribution is -0.123. The van der Waals surface area contributed by atoms with Crippen LogP contribution >= 0.6 is 0 Å². The molecule has 3 N–H and O–H groups in total. The van der Waals surface area contributed by atoms with Crippen molar-refractivity contribution < 1.29 is 22.0 Å². The molecule has 1 aliphatic carbocycles. The van der Waals surface area contributed by atoms with Gasteiger partial charge in [0.05, 0.1) is 22.5 Å². The second-order valence-corrected chi connectivity index (χ2v) is 10.9. The number of amides is 1. The molecule has 2 aliphatic heterocycles. The Morgan fingerprint density at radius 3 is 2.61 bits per heavy atom. The first-order valence-electron chi connectivity index (χ1n) is 11.1. The van der Waals surface area contributed by atoms with Crippen molar-refractivity contribution in [3.05, 3.63) is 47.5 Å². The fraction of sp³-hybridized carbons (Fsp3) is 0.435. The Hall–Kier alpha value is -2.72. The van der Waals surface area contributed by atoms with Gasteiger partial charge in [-0.1, -0.05) is 6.42 Å². The van der Waals surface area contributed by atoms with Gasteiger partial charge in [-0.25, -0.2) is 17.2 Å². The van der Waals surface area contributed by atoms with Crippen molar-refractivity contribution in [3.63, 3.8) is 0 Å². The van der Waals surface area contributed by atoms with Gasteiger partial charge in [-0.3, -0.25) is 9.52 Å². The smallest absolute Gasteiger partial charge is 0.264 e. The zero-order valence-electron chi connectivity index (χ0n) is 18.2. The summed E-state index contributed by atoms with van der Waals surface area (Å²) in [4.78, 5) is 14.4. The molecule has 2 aromatic rings. The van der Waals surface area contributed by atoms with E-state index in [-0.39, 0.29) is 17.6 Å². The van der Waals surface area contributed by atoms with Gasteiger partial charge < -0.3 is 15.5 Å². The SMILES string of the molecule is CN1CCCC(Nc2cc(NS(=O)(=O)c3ccc(F)cc3F)cc3c2NC(=O)C32CCC2)C1. The Labute approximate surface area is 191 Å². The molecule has 1 atom stereocenters. The molecule has 0 aromatic heterocycles. The van der Waals surface area contributed by atoms with Crippen molar-refractivity contribution in [1.29, 1.82) is 0 Å². The number of fused-ring (bicyclic) bond motifs is 2. The van der Waals surface area contributed by atoms with Crippen molar-refractivity contribution in [3.8, 4) is 0 Å². The molecule has 10 heteroatoms. The summed E-state index contributed by atoms with van der Waals surface area (Å²) in [6.45, 7) is 1.84. The lowest BCUT2D eigenvalue weighted by Crippen LogP contribution is -2.40. The molecule has 2 heterocycles. The van der Waals surface area contributed by atoms with Crippen LogP contribution in [0.4, 0.5) is 25.8 Å². The number of carbonyl (C=O) groups is 1. The molecule has 1 saturated heterocycles. The van der Waals surface area contributed by atoms with Gasteiger partial charge in [0.15, 0.2) is 0 Å². The van der Waals surface area contributed by atoms with Crippen LogP contribution in [-0.4, -0.2) is 45.4 Å². The summed E-state index contributed by atoms with van der Waals surface area (Å²) in [5.74, 6) is -2.10. The maximum absolute atomic E-state index is 14.2. The lowest BCUT2D eigenvalue weighted by atomic mass is 9.65. The van der Waals surface area contributed by atoms with E-state index in [4.69, 9.17) is 0 Å². The molecule has 1 saturated carbocycles. The molecule has 176 valence electrons. The Morgan fingerprint density at radius 1 is 1.15 bits per heavy atom. The van der Waals surface area contributed by atoms with Gasteiger partial charge in [0.25, 0.3) is 10.0 Å². The largest absolute Gasteiger partial charge is 0.379 e. The monoisotopic (exact) mass is 476 g/mol. The molecule has 2 aromatic carbocycles. The number of hydrogen-bond donors (Lipinski definition) is 3. The molecular formula is C23H26F2N4O3S. The van der Waals surface area contributed by atoms with E-state index in [9.17, 15) is 22.0 Å². The Morgan fingerprint density at radius 2 is 1.94 bits per heavy atom. The van der Waals surface area contributed by atoms with E-state index in [1.165, 1.54) is 0 Å². The van der Waals surface area contributed by atoms with E-state index in [2.05, 4.69) is 20.3 Å². The summed E-state index contributed by atoms with van der Waals surface area (Å²) >= 11 is 0. The quantitative estimate of drug-likeness (QED) is 0.613. The molecule has 1 spiro atoms. The summed E-state index contributed by atoms with van der Waals surface area (Å²) in [6.07, 6.45) is 4.29. The molecular weight excluding hydrogens is 450 g/mol. The maximum Gasteiger partial charge on any atom is 0.264 e. The highest BCUT2D eigenvalue weighted by atomic mass is 32.2. The number of likely N-dealkylation sites (tertiary alicyclic amines) is 1. The Bertz CT molecular complexity index is 1230. The maximum atomic E-state index is 14.2. The number of rotatable bonds is 5. The minimum atomic E-state index is -4.31. The number of likely N-dealkylation sites (N-methyl/N-ethyl adjacent to an activating group) is 1. The first-order valence-corrected chi connectivity index (χ1v) is 12.6. The lowest BCUT2D eigenvalue weighted by Gasteiger charge is -2.36. The third-order valence-electron chi connectivity index (χ3n) is 6.95. The fourth-order valence-corrected chi connectivity index (χ4v) is 6.22. The number of hydrogen-bond acceptors (Lipinski definition) is 5. The number of nitrogens with zero attached hydrogens (tertiary/aromatic N) is 1. The number of piperidine rings is 1. The number of benzene rings is 2. The van der Waals surface area contributed by atoms with Crippen molar-refractivity contribution in [2.45, 2.75) is 48.5 Å². The molecule has 7 nitrogen and oxygen atoms in total. The normalized spacial score (nSPS) is 21.9. The van der Waals surface area contributed by atoms with Crippen LogP contribution < -0.4 is 15.4 Å². The third-order valence-corrected chi connectivity index (χ3v) is 8.37. The van der Waals surface area contributed by atoms with E-state index in [0.29, 0.717) is 30.3 Å². The van der Waals surface area contributed by atoms with E-state index in [1.54, 1.807) is 12.1 Å². The molecule has 1 amide bonds. The molecule has 0 radical (unpaired) electrons. The first-order chi connectivity index (χ1) is 15.7. The highest BCUT2D eigenvalue weighted by Crippen LogP contribution is 2.54. The molecule has 3 aliphatic rings. The van der Waals surface area contributed by atoms with Gasteiger partial charge in [0.1, 0.15) is 16.5 Å². The van der Waals surface area contributed by atoms with Crippen LogP contribution in [0.1, 0.15) is 37.7 Å². The highest BCUT2D eigenvalue weighted by molar-refractivity contribution is 7.92. The topological polar surface area (TPSA) is 90.5 Å². The van der Waals surface area contributed by atoms with Crippen molar-refractivity contribution in [2.24, 2.45) is 0 Å². The summed E-state index contributed by atoms with van der Waals surface area (Å²) in [5, 5.41) is 6.49. The minimum Gasteiger partial charge on any atom is -0.379 e. The highest BCUT2D eigenvalue weighted by Gasteiger charge is 2.52. The van der Waals surface area contributed by atoms with Gasteiger partial charge in [-0.2, -0.15) is 0 Å². The van der Waals surface area contributed by atoms with Crippen molar-refractivity contribution in [1.82, 2.24) is 4.90 Å². The van der Waals surface area contributed by atoms with E-state index in [1.807, 2.05) is 7.05 Å². The molecule has 2 fully saturated rings. The van der Waals surface area contributed by atoms with Crippen LogP contribution in [0, 0.1) is 11.6 Å². The summed E-state index contributed by atoms with van der Waals surface area (Å²) in [7, 11) is -2.26. The predicted octanol–water partition coefficient (Wildman–Crippen LogP) is 3.65. The predicted molar refractivity (Wildman–Crippen MR) is 122 cm³/mol. The standard InChI is InChI=1S/C23H26F2N4O3S/c1-29-9-2-4-15(13-29)26-19-12-16(11-17-21(19)27-22(30)23(17)7-3-8-23)28-33(31,32)20-6-5-14(24)10-18(20)25/h5-6,10-12,15,26,28H,2-4,7-9,13H2,1H3,(H,27,30). The van der Waals surface area contributed by atoms with Gasteiger partial charge in [-0.15, -0.1) is 0 Å². The summed E-state index contributed by atoms with van der Waals surface area (Å²) in [5.41, 5.74) is 1.65. The Balaban J connectivity index is 1.53. The second kappa shape index (κ2) is 7.95. The average molecular weight is 477 g/mol. The van der Waals surface area contributed by atoms with Crippen LogP contribution in [0.5, 0.6) is 0 Å². The van der Waals surface area contributed by atoms with E-state index in [0.717, 1.165) is 50.0 Å². The fourth-order valence-electron chi connectivity index (χ4n) is 5.12. The van der Waals surface area contributed by atoms with Gasteiger partial charge in [0.2, 0.25) is 5.91 Å². The average Bonchev–Trinajstić information content (AvgIpc) is 2.99. The second-order valence-electron chi connectivity index (χ2n) is 9.26. The van der Waals surface area contributed by atoms with Crippen LogP contribution in [0.3, 0.4) is 0 Å². The van der Waals surface area contributed by atoms with Crippen LogP contribution in [0.15, 0.2) is 35.2 Å². The zero-order valence-corrected chi connectivity index (χ0v) is 19.1. The first kappa shape index (κ1) is 22.1. The van der Waals surface area contributed by atoms with Crippen LogP contribution in [0.25, 0.3) is 0 Å². The molecule has 5 rings (SSSR count). The number of halogens is 2. The van der Waals surface area contributed by atoms with Gasteiger partial charge in [-0.05, 0) is 69.1 Å². The number of carbonyl (C=O) groups excluding carboxylic acids is 1. The van der Waals surface area contributed by atoms with Crippen molar-refractivity contribution >= 4 is 33.0 Å². The van der Waals surface area contributed by atoms with Crippen LogP contribution in [-0.2, 0) is 20.2 Å². The number of sulfonamides is 1. The molecule has 1 unspecified atom stereocenters. The minimum absolute atomic E-state index is 0.0721. The Kier molecular flexibility index (Phi) is 5.32. The summed E-state index contributed by atoms with van der Waals surface area (Å²) < 4.78 is 55.7. The number of anilines is 3. The van der Waals surface area contributed by atoms with Crippen LogP contribution in [0.2, 0.25) is 0 Å². The van der Waals surface area contributed by atoms with Crippen molar-refractivity contribution in [2.75, 3.05) is 35.5 Å². The summed E-state index contributed by atoms with van der Waals surface area (Å²) in [6, 6.07) is 5.77. The number of nitrogens with one attached hydrogen (secondary N) is 3. The van der Waals surface area contributed by atoms with Gasteiger partial charge in [0, 0.05) is 18.7 Å².